The molecule has 0 spiro atoms. The van der Waals surface area contributed by atoms with Crippen LogP contribution in [0, 0.1) is 0 Å². The van der Waals surface area contributed by atoms with Gasteiger partial charge in [0.2, 0.25) is 5.91 Å². The third-order valence-electron chi connectivity index (χ3n) is 6.43. The van der Waals surface area contributed by atoms with Crippen LogP contribution >= 0.6 is 23.2 Å². The van der Waals surface area contributed by atoms with Gasteiger partial charge in [0.15, 0.2) is 0 Å². The summed E-state index contributed by atoms with van der Waals surface area (Å²) < 4.78 is 39.8. The van der Waals surface area contributed by atoms with Crippen LogP contribution in [0.15, 0.2) is 77.8 Å². The average Bonchev–Trinajstić information content (AvgIpc) is 3.28. The van der Waals surface area contributed by atoms with Crippen LogP contribution in [0.5, 0.6) is 0 Å². The molecule has 5 rings (SSSR count). The van der Waals surface area contributed by atoms with Gasteiger partial charge in [-0.1, -0.05) is 59.6 Å². The van der Waals surface area contributed by atoms with Crippen LogP contribution < -0.4 is 5.32 Å². The summed E-state index contributed by atoms with van der Waals surface area (Å²) in [5.41, 5.74) is 0.880. The third-order valence-corrected chi connectivity index (χ3v) is 6.90. The highest BCUT2D eigenvalue weighted by molar-refractivity contribution is 6.31. The van der Waals surface area contributed by atoms with Crippen LogP contribution in [-0.2, 0) is 11.0 Å². The maximum absolute atomic E-state index is 14.0. The molecule has 1 N–H and O–H groups in total. The molecular weight excluding hydrogens is 540 g/mol. The zero-order chi connectivity index (χ0) is 27.0. The first kappa shape index (κ1) is 26.1. The minimum atomic E-state index is -4.49. The van der Waals surface area contributed by atoms with Crippen molar-refractivity contribution in [3.63, 3.8) is 0 Å². The number of nitrogens with zero attached hydrogens (tertiary/aromatic N) is 3. The van der Waals surface area contributed by atoms with Gasteiger partial charge >= 0.3 is 12.2 Å². The summed E-state index contributed by atoms with van der Waals surface area (Å²) in [7, 11) is 0. The van der Waals surface area contributed by atoms with E-state index < -0.39 is 29.9 Å². The number of urea groups is 1. The maximum atomic E-state index is 14.0. The van der Waals surface area contributed by atoms with Crippen molar-refractivity contribution in [1.82, 2.24) is 15.1 Å². The molecule has 0 saturated carbocycles. The second-order valence-corrected chi connectivity index (χ2v) is 9.82. The Morgan fingerprint density at radius 2 is 1.63 bits per heavy atom. The van der Waals surface area contributed by atoms with Gasteiger partial charge in [-0.15, -0.1) is 0 Å². The number of rotatable bonds is 3. The van der Waals surface area contributed by atoms with Gasteiger partial charge in [0, 0.05) is 28.7 Å². The number of amidine groups is 1. The molecule has 2 heterocycles. The van der Waals surface area contributed by atoms with E-state index in [4.69, 9.17) is 28.2 Å². The lowest BCUT2D eigenvalue weighted by molar-refractivity contribution is -0.137. The van der Waals surface area contributed by atoms with Gasteiger partial charge in [0.25, 0.3) is 0 Å². The fourth-order valence-corrected chi connectivity index (χ4v) is 5.08. The van der Waals surface area contributed by atoms with Crippen LogP contribution in [0.4, 0.5) is 18.0 Å². The molecule has 2 aliphatic heterocycles. The Bertz CT molecular complexity index is 1410. The Morgan fingerprint density at radius 3 is 2.26 bits per heavy atom. The number of aliphatic imine (C=N–C) groups is 1. The van der Waals surface area contributed by atoms with E-state index in [0.29, 0.717) is 39.1 Å². The van der Waals surface area contributed by atoms with Crippen molar-refractivity contribution in [3.05, 3.63) is 105 Å². The van der Waals surface area contributed by atoms with Gasteiger partial charge in [-0.3, -0.25) is 14.7 Å². The van der Waals surface area contributed by atoms with Crippen molar-refractivity contribution in [1.29, 1.82) is 0 Å². The Kier molecular flexibility index (Phi) is 7.07. The second kappa shape index (κ2) is 10.3. The van der Waals surface area contributed by atoms with E-state index in [-0.39, 0.29) is 19.0 Å². The molecule has 2 unspecified atom stereocenters. The molecular formula is C27H21Cl2F3N4O2. The molecule has 3 amide bonds. The van der Waals surface area contributed by atoms with Gasteiger partial charge < -0.3 is 10.2 Å². The molecule has 0 aromatic heterocycles. The lowest BCUT2D eigenvalue weighted by atomic mass is 9.93. The van der Waals surface area contributed by atoms with Crippen molar-refractivity contribution < 1.29 is 22.8 Å². The predicted molar refractivity (Wildman–Crippen MR) is 138 cm³/mol. The lowest BCUT2D eigenvalue weighted by Crippen LogP contribution is -2.55. The van der Waals surface area contributed by atoms with Gasteiger partial charge in [-0.05, 0) is 47.5 Å². The van der Waals surface area contributed by atoms with Gasteiger partial charge in [0.05, 0.1) is 11.6 Å². The minimum Gasteiger partial charge on any atom is -0.353 e. The zero-order valence-electron chi connectivity index (χ0n) is 19.8. The minimum absolute atomic E-state index is 0.134. The second-order valence-electron chi connectivity index (χ2n) is 8.95. The number of halogens is 5. The standard InChI is InChI=1S/C27H21Cl2F3N4O2/c28-20-5-1-3-17(13-20)24-23(16-7-9-19(10-8-16)27(30,31)32)34-25(18-4-2-6-21(29)14-18)36(24)26(38)35-12-11-33-22(37)15-35/h1-10,13-14,23-24H,11-12,15H2,(H,33,37). The van der Waals surface area contributed by atoms with Crippen LogP contribution in [0.1, 0.15) is 34.3 Å². The number of carbonyl (C=O) groups excluding carboxylic acids is 2. The molecule has 0 bridgehead atoms. The monoisotopic (exact) mass is 560 g/mol. The molecule has 3 aromatic carbocycles. The summed E-state index contributed by atoms with van der Waals surface area (Å²) >= 11 is 12.6. The molecule has 2 atom stereocenters. The SMILES string of the molecule is O=C1CN(C(=O)N2C(c3cccc(Cl)c3)=NC(c3ccc(C(F)(F)F)cc3)C2c2cccc(Cl)c2)CCN1. The first-order valence-corrected chi connectivity index (χ1v) is 12.5. The smallest absolute Gasteiger partial charge is 0.353 e. The summed E-state index contributed by atoms with van der Waals surface area (Å²) in [5, 5.41) is 3.55. The van der Waals surface area contributed by atoms with Gasteiger partial charge in [-0.25, -0.2) is 4.79 Å². The van der Waals surface area contributed by atoms with Crippen LogP contribution in [0.2, 0.25) is 10.0 Å². The summed E-state index contributed by atoms with van der Waals surface area (Å²) in [6.45, 7) is 0.453. The largest absolute Gasteiger partial charge is 0.416 e. The van der Waals surface area contributed by atoms with E-state index in [9.17, 15) is 22.8 Å². The van der Waals surface area contributed by atoms with E-state index in [1.165, 1.54) is 21.9 Å². The number of nitrogens with one attached hydrogen (secondary N) is 1. The Labute approximate surface area is 226 Å². The average molecular weight is 561 g/mol. The summed E-state index contributed by atoms with van der Waals surface area (Å²) in [6, 6.07) is 16.5. The van der Waals surface area contributed by atoms with Crippen molar-refractivity contribution in [2.45, 2.75) is 18.3 Å². The molecule has 1 saturated heterocycles. The molecule has 0 radical (unpaired) electrons. The predicted octanol–water partition coefficient (Wildman–Crippen LogP) is 6.11. The molecule has 6 nitrogen and oxygen atoms in total. The van der Waals surface area contributed by atoms with Crippen LogP contribution in [0.25, 0.3) is 0 Å². The fraction of sp³-hybridized carbons (Fsp3) is 0.222. The quantitative estimate of drug-likeness (QED) is 0.420. The molecule has 38 heavy (non-hydrogen) atoms. The summed E-state index contributed by atoms with van der Waals surface area (Å²) in [5.74, 6) is 0.00184. The van der Waals surface area contributed by atoms with E-state index in [2.05, 4.69) is 5.32 Å². The van der Waals surface area contributed by atoms with Crippen molar-refractivity contribution in [2.75, 3.05) is 19.6 Å². The highest BCUT2D eigenvalue weighted by Gasteiger charge is 2.44. The van der Waals surface area contributed by atoms with E-state index >= 15 is 0 Å². The molecule has 0 aliphatic carbocycles. The topological polar surface area (TPSA) is 65.0 Å². The summed E-state index contributed by atoms with van der Waals surface area (Å²) in [4.78, 5) is 33.9. The Balaban J connectivity index is 1.67. The Hall–Kier alpha value is -3.56. The van der Waals surface area contributed by atoms with Crippen LogP contribution in [-0.4, -0.2) is 47.2 Å². The Morgan fingerprint density at radius 1 is 0.947 bits per heavy atom. The van der Waals surface area contributed by atoms with Crippen molar-refractivity contribution in [3.8, 4) is 0 Å². The number of carbonyl (C=O) groups is 2. The van der Waals surface area contributed by atoms with E-state index in [1.54, 1.807) is 48.5 Å². The zero-order valence-corrected chi connectivity index (χ0v) is 21.3. The molecule has 11 heteroatoms. The van der Waals surface area contributed by atoms with Gasteiger partial charge in [-0.2, -0.15) is 13.2 Å². The van der Waals surface area contributed by atoms with Crippen molar-refractivity contribution in [2.24, 2.45) is 4.99 Å². The number of hydrogen-bond acceptors (Lipinski definition) is 3. The normalized spacial score (nSPS) is 19.8. The lowest BCUT2D eigenvalue weighted by Gasteiger charge is -2.35. The highest BCUT2D eigenvalue weighted by atomic mass is 35.5. The van der Waals surface area contributed by atoms with Gasteiger partial charge in [0.1, 0.15) is 18.4 Å². The maximum Gasteiger partial charge on any atom is 0.416 e. The van der Waals surface area contributed by atoms with E-state index in [0.717, 1.165) is 12.1 Å². The number of piperazine rings is 1. The first-order valence-electron chi connectivity index (χ1n) is 11.7. The molecule has 2 aliphatic rings. The number of hydrogen-bond donors (Lipinski definition) is 1. The fourth-order valence-electron chi connectivity index (χ4n) is 4.69. The third kappa shape index (κ3) is 5.21. The number of amides is 3. The highest BCUT2D eigenvalue weighted by Crippen LogP contribution is 2.45. The summed E-state index contributed by atoms with van der Waals surface area (Å²) in [6.07, 6.45) is -4.49. The first-order chi connectivity index (χ1) is 18.1. The molecule has 3 aromatic rings. The van der Waals surface area contributed by atoms with Crippen LogP contribution in [0.3, 0.4) is 0 Å². The molecule has 196 valence electrons. The molecule has 1 fully saturated rings. The number of benzene rings is 3. The number of alkyl halides is 3. The van der Waals surface area contributed by atoms with E-state index in [1.807, 2.05) is 0 Å². The van der Waals surface area contributed by atoms with Crippen molar-refractivity contribution >= 4 is 41.0 Å².